The second-order valence-corrected chi connectivity index (χ2v) is 6.21. The zero-order valence-electron chi connectivity index (χ0n) is 13.0. The molecule has 1 aliphatic rings. The van der Waals surface area contributed by atoms with E-state index in [1.54, 1.807) is 13.8 Å². The number of hydrogen-bond acceptors (Lipinski definition) is 3. The zero-order valence-corrected chi connectivity index (χ0v) is 13.0. The summed E-state index contributed by atoms with van der Waals surface area (Å²) in [6.45, 7) is 5.54. The molecule has 2 heterocycles. The van der Waals surface area contributed by atoms with Crippen molar-refractivity contribution in [2.45, 2.75) is 32.4 Å². The van der Waals surface area contributed by atoms with E-state index >= 15 is 0 Å². The Morgan fingerprint density at radius 3 is 2.45 bits per heavy atom. The van der Waals surface area contributed by atoms with Crippen LogP contribution in [0.25, 0.3) is 11.9 Å². The number of aromatic nitrogens is 1. The third-order valence-corrected chi connectivity index (χ3v) is 4.08. The van der Waals surface area contributed by atoms with E-state index in [2.05, 4.69) is 5.32 Å². The minimum Gasteiger partial charge on any atom is -0.386 e. The Morgan fingerprint density at radius 2 is 1.86 bits per heavy atom. The zero-order chi connectivity index (χ0) is 15.9. The van der Waals surface area contributed by atoms with Gasteiger partial charge in [0.25, 0.3) is 0 Å². The molecule has 2 N–H and O–H groups in total. The lowest BCUT2D eigenvalue weighted by molar-refractivity contribution is -0.109. The van der Waals surface area contributed by atoms with Gasteiger partial charge in [0.15, 0.2) is 0 Å². The highest BCUT2D eigenvalue weighted by Gasteiger charge is 2.22. The average Bonchev–Trinajstić information content (AvgIpc) is 2.87. The number of aldehydes is 1. The Labute approximate surface area is 130 Å². The van der Waals surface area contributed by atoms with E-state index in [-0.39, 0.29) is 6.04 Å². The van der Waals surface area contributed by atoms with Gasteiger partial charge in [0.2, 0.25) is 0 Å². The summed E-state index contributed by atoms with van der Waals surface area (Å²) in [5.74, 6) is 0. The SMILES string of the molecule is Cc1ccc2n1C=C(c1ccc(C(C)(C)O)cc1)NC2C=O. The van der Waals surface area contributed by atoms with Crippen LogP contribution >= 0.6 is 0 Å². The van der Waals surface area contributed by atoms with Gasteiger partial charge in [-0.15, -0.1) is 0 Å². The molecule has 4 nitrogen and oxygen atoms in total. The third-order valence-electron chi connectivity index (χ3n) is 4.08. The highest BCUT2D eigenvalue weighted by atomic mass is 16.3. The van der Waals surface area contributed by atoms with Crippen molar-refractivity contribution in [2.75, 3.05) is 0 Å². The summed E-state index contributed by atoms with van der Waals surface area (Å²) in [5.41, 5.74) is 3.92. The van der Waals surface area contributed by atoms with Crippen molar-refractivity contribution in [1.82, 2.24) is 9.88 Å². The van der Waals surface area contributed by atoms with Crippen molar-refractivity contribution in [3.05, 3.63) is 58.9 Å². The number of hydrogen-bond donors (Lipinski definition) is 2. The predicted octanol–water partition coefficient (Wildman–Crippen LogP) is 2.82. The van der Waals surface area contributed by atoms with Crippen LogP contribution in [0.5, 0.6) is 0 Å². The summed E-state index contributed by atoms with van der Waals surface area (Å²) in [7, 11) is 0. The Hall–Kier alpha value is -2.33. The molecule has 1 unspecified atom stereocenters. The average molecular weight is 296 g/mol. The highest BCUT2D eigenvalue weighted by molar-refractivity contribution is 5.80. The number of fused-ring (bicyclic) bond motifs is 1. The second-order valence-electron chi connectivity index (χ2n) is 6.21. The van der Waals surface area contributed by atoms with Gasteiger partial charge in [-0.05, 0) is 44.0 Å². The quantitative estimate of drug-likeness (QED) is 0.856. The fourth-order valence-electron chi connectivity index (χ4n) is 2.73. The fourth-order valence-corrected chi connectivity index (χ4v) is 2.73. The van der Waals surface area contributed by atoms with Crippen molar-refractivity contribution < 1.29 is 9.90 Å². The summed E-state index contributed by atoms with van der Waals surface area (Å²) in [6.07, 6.45) is 2.92. The van der Waals surface area contributed by atoms with Crippen LogP contribution in [0.15, 0.2) is 36.4 Å². The van der Waals surface area contributed by atoms with Crippen LogP contribution in [-0.2, 0) is 10.4 Å². The molecule has 1 aromatic heterocycles. The van der Waals surface area contributed by atoms with Crippen molar-refractivity contribution in [3.8, 4) is 0 Å². The van der Waals surface area contributed by atoms with Crippen LogP contribution in [0, 0.1) is 6.92 Å². The van der Waals surface area contributed by atoms with E-state index in [4.69, 9.17) is 0 Å². The van der Waals surface area contributed by atoms with Crippen LogP contribution in [0.2, 0.25) is 0 Å². The number of aryl methyl sites for hydroxylation is 1. The highest BCUT2D eigenvalue weighted by Crippen LogP contribution is 2.28. The monoisotopic (exact) mass is 296 g/mol. The maximum Gasteiger partial charge on any atom is 0.148 e. The molecule has 4 heteroatoms. The number of nitrogens with zero attached hydrogens (tertiary/aromatic N) is 1. The fraction of sp³-hybridized carbons (Fsp3) is 0.278. The molecule has 0 aliphatic carbocycles. The Morgan fingerprint density at radius 1 is 1.18 bits per heavy atom. The largest absolute Gasteiger partial charge is 0.386 e. The number of carbonyl (C=O) groups is 1. The second kappa shape index (κ2) is 5.14. The Bertz CT molecular complexity index is 733. The molecule has 0 spiro atoms. The van der Waals surface area contributed by atoms with Gasteiger partial charge in [-0.1, -0.05) is 24.3 Å². The normalized spacial score (nSPS) is 17.5. The standard InChI is InChI=1S/C18H20N2O2/c1-12-4-9-17-16(11-21)19-15(10-20(12)17)13-5-7-14(8-6-13)18(2,3)22/h4-11,16,19,22H,1-3H3. The summed E-state index contributed by atoms with van der Waals surface area (Å²) in [4.78, 5) is 11.4. The summed E-state index contributed by atoms with van der Waals surface area (Å²) in [6, 6.07) is 11.4. The first-order chi connectivity index (χ1) is 10.4. The van der Waals surface area contributed by atoms with Gasteiger partial charge >= 0.3 is 0 Å². The molecule has 0 fully saturated rings. The molecule has 1 aliphatic heterocycles. The molecule has 114 valence electrons. The Kier molecular flexibility index (Phi) is 3.41. The molecule has 1 aromatic carbocycles. The smallest absolute Gasteiger partial charge is 0.148 e. The molecule has 22 heavy (non-hydrogen) atoms. The van der Waals surface area contributed by atoms with E-state index in [0.717, 1.165) is 34.5 Å². The van der Waals surface area contributed by atoms with E-state index < -0.39 is 5.60 Å². The molecule has 0 amide bonds. The van der Waals surface area contributed by atoms with Gasteiger partial charge in [-0.3, -0.25) is 0 Å². The molecular formula is C18H20N2O2. The molecule has 3 rings (SSSR count). The van der Waals surface area contributed by atoms with Gasteiger partial charge in [-0.2, -0.15) is 0 Å². The van der Waals surface area contributed by atoms with E-state index in [1.807, 2.05) is 54.1 Å². The van der Waals surface area contributed by atoms with Gasteiger partial charge in [0, 0.05) is 11.9 Å². The number of aliphatic hydroxyl groups is 1. The molecule has 0 saturated carbocycles. The van der Waals surface area contributed by atoms with Gasteiger partial charge in [0.05, 0.1) is 17.0 Å². The summed E-state index contributed by atoms with van der Waals surface area (Å²) >= 11 is 0. The molecule has 0 radical (unpaired) electrons. The van der Waals surface area contributed by atoms with Crippen LogP contribution in [0.3, 0.4) is 0 Å². The van der Waals surface area contributed by atoms with Crippen LogP contribution in [-0.4, -0.2) is 16.0 Å². The summed E-state index contributed by atoms with van der Waals surface area (Å²) in [5, 5.41) is 13.3. The molecule has 0 bridgehead atoms. The van der Waals surface area contributed by atoms with Crippen LogP contribution in [0.1, 0.15) is 42.4 Å². The van der Waals surface area contributed by atoms with Gasteiger partial charge < -0.3 is 19.8 Å². The molecule has 2 aromatic rings. The number of nitrogens with one attached hydrogen (secondary N) is 1. The lowest BCUT2D eigenvalue weighted by atomic mass is 9.96. The van der Waals surface area contributed by atoms with Crippen LogP contribution in [0.4, 0.5) is 0 Å². The van der Waals surface area contributed by atoms with E-state index in [0.29, 0.717) is 0 Å². The van der Waals surface area contributed by atoms with Gasteiger partial charge in [0.1, 0.15) is 12.3 Å². The molecule has 1 atom stereocenters. The van der Waals surface area contributed by atoms with E-state index in [1.165, 1.54) is 0 Å². The topological polar surface area (TPSA) is 54.3 Å². The van der Waals surface area contributed by atoms with Crippen LogP contribution < -0.4 is 5.32 Å². The van der Waals surface area contributed by atoms with Gasteiger partial charge in [-0.25, -0.2) is 0 Å². The third kappa shape index (κ3) is 2.46. The molecule has 0 saturated heterocycles. The minimum atomic E-state index is -0.859. The minimum absolute atomic E-state index is 0.345. The number of rotatable bonds is 3. The number of carbonyl (C=O) groups excluding carboxylic acids is 1. The maximum absolute atomic E-state index is 11.4. The lowest BCUT2D eigenvalue weighted by Crippen LogP contribution is -2.27. The first-order valence-corrected chi connectivity index (χ1v) is 7.35. The van der Waals surface area contributed by atoms with Crippen molar-refractivity contribution in [1.29, 1.82) is 0 Å². The number of benzene rings is 1. The van der Waals surface area contributed by atoms with Crippen molar-refractivity contribution in [3.63, 3.8) is 0 Å². The molecular weight excluding hydrogens is 276 g/mol. The summed E-state index contributed by atoms with van der Waals surface area (Å²) < 4.78 is 2.04. The van der Waals surface area contributed by atoms with Crippen molar-refractivity contribution in [2.24, 2.45) is 0 Å². The predicted molar refractivity (Wildman–Crippen MR) is 87.0 cm³/mol. The lowest BCUT2D eigenvalue weighted by Gasteiger charge is -2.25. The van der Waals surface area contributed by atoms with E-state index in [9.17, 15) is 9.90 Å². The van der Waals surface area contributed by atoms with Crippen molar-refractivity contribution >= 4 is 18.2 Å². The first kappa shape index (κ1) is 14.6. The first-order valence-electron chi connectivity index (χ1n) is 7.35. The maximum atomic E-state index is 11.4. The Balaban J connectivity index is 2.00.